The third-order valence-corrected chi connectivity index (χ3v) is 5.53. The van der Waals surface area contributed by atoms with Gasteiger partial charge in [0.1, 0.15) is 6.33 Å². The molecule has 5 nitrogen and oxygen atoms in total. The van der Waals surface area contributed by atoms with Gasteiger partial charge in [-0.25, -0.2) is 9.97 Å². The van der Waals surface area contributed by atoms with E-state index in [0.717, 1.165) is 28.9 Å². The lowest BCUT2D eigenvalue weighted by Crippen LogP contribution is -2.26. The molecule has 2 atom stereocenters. The smallest absolute Gasteiger partial charge is 0.251 e. The molecule has 0 bridgehead atoms. The molecule has 5 rings (SSSR count). The second-order valence-corrected chi connectivity index (χ2v) is 7.74. The maximum Gasteiger partial charge on any atom is 0.251 e. The van der Waals surface area contributed by atoms with Gasteiger partial charge in [0.2, 0.25) is 0 Å². The number of nitrogens with one attached hydrogen (secondary N) is 2. The van der Waals surface area contributed by atoms with E-state index in [1.54, 1.807) is 12.4 Å². The minimum atomic E-state index is -0.0356. The molecule has 31 heavy (non-hydrogen) atoms. The summed E-state index contributed by atoms with van der Waals surface area (Å²) >= 11 is 0. The molecule has 2 N–H and O–H groups in total. The van der Waals surface area contributed by atoms with Gasteiger partial charge in [-0.15, -0.1) is 0 Å². The fourth-order valence-corrected chi connectivity index (χ4v) is 3.77. The van der Waals surface area contributed by atoms with Crippen molar-refractivity contribution in [2.24, 2.45) is 0 Å². The number of anilines is 2. The van der Waals surface area contributed by atoms with Crippen LogP contribution in [0, 0.1) is 0 Å². The van der Waals surface area contributed by atoms with Gasteiger partial charge in [-0.3, -0.25) is 4.79 Å². The van der Waals surface area contributed by atoms with E-state index >= 15 is 0 Å². The van der Waals surface area contributed by atoms with Gasteiger partial charge in [0.25, 0.3) is 5.91 Å². The number of aromatic nitrogens is 2. The lowest BCUT2D eigenvalue weighted by molar-refractivity contribution is 0.0950. The zero-order valence-electron chi connectivity index (χ0n) is 16.9. The van der Waals surface area contributed by atoms with Gasteiger partial charge in [-0.05, 0) is 47.9 Å². The quantitative estimate of drug-likeness (QED) is 0.463. The number of carbonyl (C=O) groups excluding carboxylic acids is 1. The Bertz CT molecular complexity index is 1180. The highest BCUT2D eigenvalue weighted by Gasteiger charge is 2.39. The number of hydrogen-bond acceptors (Lipinski definition) is 4. The molecule has 1 saturated carbocycles. The molecule has 152 valence electrons. The first-order chi connectivity index (χ1) is 15.3. The second-order valence-electron chi connectivity index (χ2n) is 7.74. The van der Waals surface area contributed by atoms with Crippen LogP contribution >= 0.6 is 0 Å². The van der Waals surface area contributed by atoms with E-state index in [0.29, 0.717) is 11.5 Å². The van der Waals surface area contributed by atoms with Crippen LogP contribution < -0.4 is 10.6 Å². The van der Waals surface area contributed by atoms with Crippen LogP contribution in [-0.2, 0) is 0 Å². The number of nitrogens with zero attached hydrogens (tertiary/aromatic N) is 2. The zero-order valence-corrected chi connectivity index (χ0v) is 16.9. The summed E-state index contributed by atoms with van der Waals surface area (Å²) in [6, 6.07) is 26.2. The predicted octanol–water partition coefficient (Wildman–Crippen LogP) is 5.17. The van der Waals surface area contributed by atoms with Crippen molar-refractivity contribution in [3.63, 3.8) is 0 Å². The van der Waals surface area contributed by atoms with Crippen LogP contribution in [0.15, 0.2) is 97.6 Å². The third-order valence-electron chi connectivity index (χ3n) is 5.53. The van der Waals surface area contributed by atoms with E-state index in [9.17, 15) is 4.79 Å². The Labute approximate surface area is 181 Å². The van der Waals surface area contributed by atoms with Crippen LogP contribution in [0.2, 0.25) is 0 Å². The van der Waals surface area contributed by atoms with E-state index in [1.165, 1.54) is 11.9 Å². The van der Waals surface area contributed by atoms with Crippen molar-refractivity contribution in [1.82, 2.24) is 15.3 Å². The maximum atomic E-state index is 12.7. The maximum absolute atomic E-state index is 12.7. The summed E-state index contributed by atoms with van der Waals surface area (Å²) < 4.78 is 0. The molecular formula is C26H22N4O. The Balaban J connectivity index is 1.23. The van der Waals surface area contributed by atoms with E-state index in [1.807, 2.05) is 66.7 Å². The van der Waals surface area contributed by atoms with Crippen LogP contribution in [0.3, 0.4) is 0 Å². The summed E-state index contributed by atoms with van der Waals surface area (Å²) in [5.41, 5.74) is 5.79. The zero-order chi connectivity index (χ0) is 21.0. The first-order valence-electron chi connectivity index (χ1n) is 10.3. The fraction of sp³-hybridized carbons (Fsp3) is 0.115. The van der Waals surface area contributed by atoms with Crippen molar-refractivity contribution >= 4 is 17.3 Å². The number of benzene rings is 3. The van der Waals surface area contributed by atoms with E-state index in [2.05, 4.69) is 32.7 Å². The van der Waals surface area contributed by atoms with Crippen molar-refractivity contribution in [1.29, 1.82) is 0 Å². The summed E-state index contributed by atoms with van der Waals surface area (Å²) in [4.78, 5) is 20.8. The van der Waals surface area contributed by atoms with Gasteiger partial charge in [0.05, 0.1) is 0 Å². The van der Waals surface area contributed by atoms with Crippen LogP contribution in [0.25, 0.3) is 11.1 Å². The molecule has 1 aliphatic rings. The molecule has 0 saturated heterocycles. The van der Waals surface area contributed by atoms with E-state index in [4.69, 9.17) is 0 Å². The molecular weight excluding hydrogens is 384 g/mol. The highest BCUT2D eigenvalue weighted by Crippen LogP contribution is 2.40. The molecule has 0 aliphatic heterocycles. The largest absolute Gasteiger partial charge is 0.356 e. The highest BCUT2D eigenvalue weighted by molar-refractivity contribution is 5.95. The van der Waals surface area contributed by atoms with Crippen molar-refractivity contribution in [2.45, 2.75) is 18.4 Å². The van der Waals surface area contributed by atoms with Gasteiger partial charge < -0.3 is 10.6 Å². The summed E-state index contributed by atoms with van der Waals surface area (Å²) in [7, 11) is 0. The molecule has 4 aromatic rings. The molecule has 0 spiro atoms. The monoisotopic (exact) mass is 406 g/mol. The van der Waals surface area contributed by atoms with Gasteiger partial charge in [-0.1, -0.05) is 48.5 Å². The Morgan fingerprint density at radius 3 is 2.35 bits per heavy atom. The summed E-state index contributed by atoms with van der Waals surface area (Å²) in [6.45, 7) is 0. The lowest BCUT2D eigenvalue weighted by Gasteiger charge is -2.10. The van der Waals surface area contributed by atoms with Crippen LogP contribution in [-0.4, -0.2) is 21.9 Å². The third kappa shape index (κ3) is 4.46. The molecule has 2 unspecified atom stereocenters. The van der Waals surface area contributed by atoms with Crippen molar-refractivity contribution in [2.75, 3.05) is 5.32 Å². The number of amides is 1. The van der Waals surface area contributed by atoms with Crippen LogP contribution in [0.1, 0.15) is 28.3 Å². The molecule has 3 aromatic carbocycles. The number of carbonyl (C=O) groups is 1. The average molecular weight is 406 g/mol. The average Bonchev–Trinajstić information content (AvgIpc) is 3.60. The Kier molecular flexibility index (Phi) is 5.15. The first-order valence-corrected chi connectivity index (χ1v) is 10.3. The number of rotatable bonds is 6. The van der Waals surface area contributed by atoms with E-state index in [-0.39, 0.29) is 11.9 Å². The summed E-state index contributed by atoms with van der Waals surface area (Å²) in [6.07, 6.45) is 6.10. The van der Waals surface area contributed by atoms with Gasteiger partial charge in [0.15, 0.2) is 0 Å². The summed E-state index contributed by atoms with van der Waals surface area (Å²) in [5, 5.41) is 6.53. The van der Waals surface area contributed by atoms with Crippen molar-refractivity contribution in [3.8, 4) is 11.1 Å². The Morgan fingerprint density at radius 2 is 1.58 bits per heavy atom. The summed E-state index contributed by atoms with van der Waals surface area (Å²) in [5.74, 6) is 0.381. The highest BCUT2D eigenvalue weighted by atomic mass is 16.1. The fourth-order valence-electron chi connectivity index (χ4n) is 3.77. The van der Waals surface area contributed by atoms with Crippen LogP contribution in [0.4, 0.5) is 11.4 Å². The normalized spacial score (nSPS) is 17.0. The Morgan fingerprint density at radius 1 is 0.806 bits per heavy atom. The molecule has 5 heteroatoms. The predicted molar refractivity (Wildman–Crippen MR) is 122 cm³/mol. The van der Waals surface area contributed by atoms with Gasteiger partial charge >= 0.3 is 0 Å². The first kappa shape index (κ1) is 19.0. The van der Waals surface area contributed by atoms with E-state index < -0.39 is 0 Å². The molecule has 1 fully saturated rings. The molecule has 1 aromatic heterocycles. The minimum absolute atomic E-state index is 0.0356. The molecule has 0 radical (unpaired) electrons. The van der Waals surface area contributed by atoms with Crippen LogP contribution in [0.5, 0.6) is 0 Å². The lowest BCUT2D eigenvalue weighted by atomic mass is 10.1. The van der Waals surface area contributed by atoms with Crippen molar-refractivity contribution in [3.05, 3.63) is 109 Å². The molecule has 1 aliphatic carbocycles. The second kappa shape index (κ2) is 8.40. The number of hydrogen-bond donors (Lipinski definition) is 2. The SMILES string of the molecule is O=C(NC1CC1c1ccccc1)c1cccc(Nc2ccc(-c3cncnc3)cc2)c1. The molecule has 1 amide bonds. The molecule has 1 heterocycles. The minimum Gasteiger partial charge on any atom is -0.356 e. The topological polar surface area (TPSA) is 66.9 Å². The van der Waals surface area contributed by atoms with Crippen molar-refractivity contribution < 1.29 is 4.79 Å². The van der Waals surface area contributed by atoms with Gasteiger partial charge in [-0.2, -0.15) is 0 Å². The standard InChI is InChI=1S/C26H22N4O/c31-26(30-25-14-24(25)19-5-2-1-3-6-19)20-7-4-8-23(13-20)29-22-11-9-18(10-12-22)21-15-27-17-28-16-21/h1-13,15-17,24-25,29H,14H2,(H,30,31). The Hall–Kier alpha value is -3.99. The van der Waals surface area contributed by atoms with Gasteiger partial charge in [0, 0.05) is 46.9 Å².